The maximum Gasteiger partial charge on any atom is 0.256 e. The lowest BCUT2D eigenvalue weighted by Crippen LogP contribution is -2.42. The molecule has 0 atom stereocenters. The number of ether oxygens (including phenoxy) is 1. The van der Waals surface area contributed by atoms with Gasteiger partial charge in [0.05, 0.1) is 0 Å². The molecule has 0 aromatic heterocycles. The molecule has 0 unspecified atom stereocenters. The molecule has 0 spiro atoms. The Hall–Kier alpha value is -1.09. The maximum atomic E-state index is 11.8. The molecule has 3 nitrogen and oxygen atoms in total. The lowest BCUT2D eigenvalue weighted by molar-refractivity contribution is -0.138. The Morgan fingerprint density at radius 3 is 2.38 bits per heavy atom. The topological polar surface area (TPSA) is 38.3 Å². The smallest absolute Gasteiger partial charge is 0.256 e. The molecule has 0 aliphatic heterocycles. The van der Waals surface area contributed by atoms with E-state index >= 15 is 0 Å². The Bertz CT molecular complexity index is 301. The normalized spacial score (nSPS) is 13.9. The van der Waals surface area contributed by atoms with Crippen LogP contribution in [0.1, 0.15) is 41.0 Å². The van der Waals surface area contributed by atoms with Gasteiger partial charge in [0.25, 0.3) is 5.91 Å². The molecule has 0 aliphatic carbocycles. The molecule has 0 aromatic rings. The van der Waals surface area contributed by atoms with Gasteiger partial charge in [0.1, 0.15) is 5.60 Å². The summed E-state index contributed by atoms with van der Waals surface area (Å²) in [5.74, 6) is -0.136. The summed E-state index contributed by atoms with van der Waals surface area (Å²) in [6.07, 6.45) is 4.83. The minimum Gasteiger partial charge on any atom is -0.369 e. The van der Waals surface area contributed by atoms with E-state index in [-0.39, 0.29) is 5.91 Å². The van der Waals surface area contributed by atoms with Crippen LogP contribution in [-0.2, 0) is 9.53 Å². The average molecular weight is 225 g/mol. The third-order valence-corrected chi connectivity index (χ3v) is 2.59. The van der Waals surface area contributed by atoms with Gasteiger partial charge in [-0.15, -0.1) is 0 Å². The summed E-state index contributed by atoms with van der Waals surface area (Å²) in [7, 11) is 1.53. The van der Waals surface area contributed by atoms with Gasteiger partial charge in [-0.05, 0) is 40.2 Å². The summed E-state index contributed by atoms with van der Waals surface area (Å²) < 4.78 is 5.12. The summed E-state index contributed by atoms with van der Waals surface area (Å²) in [5.41, 5.74) is 1.24. The van der Waals surface area contributed by atoms with Crippen molar-refractivity contribution in [3.05, 3.63) is 23.4 Å². The zero-order valence-electron chi connectivity index (χ0n) is 11.2. The number of allylic oxidation sites excluding steroid dienone is 3. The first-order chi connectivity index (χ1) is 7.37. The highest BCUT2D eigenvalue weighted by molar-refractivity contribution is 5.86. The van der Waals surface area contributed by atoms with Gasteiger partial charge in [-0.25, -0.2) is 0 Å². The van der Waals surface area contributed by atoms with Crippen molar-refractivity contribution >= 4 is 5.91 Å². The number of methoxy groups -OCH3 is 1. The molecule has 16 heavy (non-hydrogen) atoms. The maximum absolute atomic E-state index is 11.8. The predicted octanol–water partition coefficient (Wildman–Crippen LogP) is 2.79. The Labute approximate surface area is 98.6 Å². The van der Waals surface area contributed by atoms with Crippen LogP contribution in [-0.4, -0.2) is 18.6 Å². The SMILES string of the molecule is C/C=C(\C=C(/C)CC)NC(=O)C(C)(C)OC. The van der Waals surface area contributed by atoms with Crippen LogP contribution < -0.4 is 5.32 Å². The molecule has 3 heteroatoms. The second kappa shape index (κ2) is 6.48. The second-order valence-corrected chi connectivity index (χ2v) is 4.26. The molecule has 0 rings (SSSR count). The van der Waals surface area contributed by atoms with E-state index in [0.29, 0.717) is 0 Å². The average Bonchev–Trinajstić information content (AvgIpc) is 2.27. The molecule has 0 aromatic carbocycles. The van der Waals surface area contributed by atoms with Crippen molar-refractivity contribution in [2.75, 3.05) is 7.11 Å². The van der Waals surface area contributed by atoms with Gasteiger partial charge in [-0.1, -0.05) is 18.6 Å². The van der Waals surface area contributed by atoms with Crippen LogP contribution >= 0.6 is 0 Å². The van der Waals surface area contributed by atoms with E-state index in [1.165, 1.54) is 12.7 Å². The number of nitrogens with one attached hydrogen (secondary N) is 1. The van der Waals surface area contributed by atoms with E-state index in [0.717, 1.165) is 12.1 Å². The fourth-order valence-electron chi connectivity index (χ4n) is 0.933. The van der Waals surface area contributed by atoms with E-state index in [2.05, 4.69) is 12.2 Å². The first-order valence-corrected chi connectivity index (χ1v) is 5.57. The largest absolute Gasteiger partial charge is 0.369 e. The second-order valence-electron chi connectivity index (χ2n) is 4.26. The summed E-state index contributed by atoms with van der Waals surface area (Å²) in [4.78, 5) is 11.8. The molecule has 0 saturated carbocycles. The highest BCUT2D eigenvalue weighted by Gasteiger charge is 2.26. The number of amides is 1. The van der Waals surface area contributed by atoms with Crippen molar-refractivity contribution in [3.8, 4) is 0 Å². The first-order valence-electron chi connectivity index (χ1n) is 5.57. The van der Waals surface area contributed by atoms with E-state index in [4.69, 9.17) is 4.74 Å². The fraction of sp³-hybridized carbons (Fsp3) is 0.615. The molecule has 0 fully saturated rings. The van der Waals surface area contributed by atoms with Crippen molar-refractivity contribution in [1.82, 2.24) is 5.32 Å². The lowest BCUT2D eigenvalue weighted by atomic mass is 10.1. The quantitative estimate of drug-likeness (QED) is 0.731. The van der Waals surface area contributed by atoms with Gasteiger partial charge in [-0.3, -0.25) is 4.79 Å². The lowest BCUT2D eigenvalue weighted by Gasteiger charge is -2.22. The predicted molar refractivity (Wildman–Crippen MR) is 67.0 cm³/mol. The van der Waals surface area contributed by atoms with Crippen LogP contribution in [0.4, 0.5) is 0 Å². The third kappa shape index (κ3) is 4.62. The van der Waals surface area contributed by atoms with Crippen LogP contribution in [0.25, 0.3) is 0 Å². The van der Waals surface area contributed by atoms with Crippen LogP contribution in [0, 0.1) is 0 Å². The van der Waals surface area contributed by atoms with Crippen molar-refractivity contribution in [3.63, 3.8) is 0 Å². The van der Waals surface area contributed by atoms with E-state index in [1.54, 1.807) is 13.8 Å². The number of carbonyl (C=O) groups excluding carboxylic acids is 1. The molecule has 92 valence electrons. The van der Waals surface area contributed by atoms with Gasteiger partial charge >= 0.3 is 0 Å². The van der Waals surface area contributed by atoms with Gasteiger partial charge in [0.2, 0.25) is 0 Å². The summed E-state index contributed by atoms with van der Waals surface area (Å²) in [6, 6.07) is 0. The van der Waals surface area contributed by atoms with Crippen LogP contribution in [0.15, 0.2) is 23.4 Å². The first kappa shape index (κ1) is 14.9. The monoisotopic (exact) mass is 225 g/mol. The van der Waals surface area contributed by atoms with Crippen molar-refractivity contribution < 1.29 is 9.53 Å². The molecular weight excluding hydrogens is 202 g/mol. The van der Waals surface area contributed by atoms with E-state index in [1.807, 2.05) is 26.0 Å². The number of carbonyl (C=O) groups is 1. The Balaban J connectivity index is 4.66. The molecule has 0 bridgehead atoms. The van der Waals surface area contributed by atoms with Crippen LogP contribution in [0.2, 0.25) is 0 Å². The van der Waals surface area contributed by atoms with Gasteiger partial charge in [0.15, 0.2) is 0 Å². The minimum absolute atomic E-state index is 0.136. The third-order valence-electron chi connectivity index (χ3n) is 2.59. The van der Waals surface area contributed by atoms with Gasteiger partial charge in [0, 0.05) is 12.8 Å². The fourth-order valence-corrected chi connectivity index (χ4v) is 0.933. The molecule has 0 heterocycles. The Kier molecular flexibility index (Phi) is 6.04. The highest BCUT2D eigenvalue weighted by Crippen LogP contribution is 2.10. The van der Waals surface area contributed by atoms with Crippen molar-refractivity contribution in [2.24, 2.45) is 0 Å². The standard InChI is InChI=1S/C13H23NO2/c1-7-10(3)9-11(8-2)14-12(15)13(4,5)16-6/h8-9H,7H2,1-6H3,(H,14,15)/b10-9+,11-8+. The molecule has 1 amide bonds. The van der Waals surface area contributed by atoms with Crippen molar-refractivity contribution in [1.29, 1.82) is 0 Å². The van der Waals surface area contributed by atoms with Crippen LogP contribution in [0.3, 0.4) is 0 Å². The molecular formula is C13H23NO2. The minimum atomic E-state index is -0.803. The number of hydrogen-bond donors (Lipinski definition) is 1. The summed E-state index contributed by atoms with van der Waals surface area (Å²) in [6.45, 7) is 9.50. The molecule has 0 aliphatic rings. The molecule has 0 radical (unpaired) electrons. The zero-order chi connectivity index (χ0) is 12.8. The Morgan fingerprint density at radius 1 is 1.44 bits per heavy atom. The molecule has 0 saturated heterocycles. The number of hydrogen-bond acceptors (Lipinski definition) is 2. The van der Waals surface area contributed by atoms with E-state index < -0.39 is 5.60 Å². The highest BCUT2D eigenvalue weighted by atomic mass is 16.5. The molecule has 1 N–H and O–H groups in total. The van der Waals surface area contributed by atoms with Gasteiger partial charge < -0.3 is 10.1 Å². The summed E-state index contributed by atoms with van der Waals surface area (Å²) in [5, 5.41) is 2.84. The number of rotatable bonds is 5. The zero-order valence-corrected chi connectivity index (χ0v) is 11.2. The summed E-state index contributed by atoms with van der Waals surface area (Å²) >= 11 is 0. The van der Waals surface area contributed by atoms with Crippen LogP contribution in [0.5, 0.6) is 0 Å². The van der Waals surface area contributed by atoms with Gasteiger partial charge in [-0.2, -0.15) is 0 Å². The van der Waals surface area contributed by atoms with E-state index in [9.17, 15) is 4.79 Å². The Morgan fingerprint density at radius 2 is 2.00 bits per heavy atom. The van der Waals surface area contributed by atoms with Crippen molar-refractivity contribution in [2.45, 2.75) is 46.6 Å².